The number of thiazole rings is 1. The Balaban J connectivity index is 2.40. The highest BCUT2D eigenvalue weighted by Gasteiger charge is 2.11. The van der Waals surface area contributed by atoms with Crippen LogP contribution in [0.4, 0.5) is 4.39 Å². The molecule has 90 valence electrons. The van der Waals surface area contributed by atoms with Crippen molar-refractivity contribution < 1.29 is 4.39 Å². The van der Waals surface area contributed by atoms with Crippen LogP contribution in [0, 0.1) is 12.7 Å². The number of nitrogens with one attached hydrogen (secondary N) is 1. The van der Waals surface area contributed by atoms with E-state index < -0.39 is 0 Å². The Morgan fingerprint density at radius 2 is 2.18 bits per heavy atom. The average Bonchev–Trinajstić information content (AvgIpc) is 2.80. The van der Waals surface area contributed by atoms with E-state index in [4.69, 9.17) is 0 Å². The van der Waals surface area contributed by atoms with Gasteiger partial charge in [0.25, 0.3) is 0 Å². The van der Waals surface area contributed by atoms with Gasteiger partial charge in [-0.15, -0.1) is 11.3 Å². The number of halogens is 1. The van der Waals surface area contributed by atoms with Crippen molar-refractivity contribution in [2.75, 3.05) is 7.05 Å². The van der Waals surface area contributed by atoms with Gasteiger partial charge in [-0.05, 0) is 38.6 Å². The zero-order valence-electron chi connectivity index (χ0n) is 10.1. The minimum Gasteiger partial charge on any atom is -0.312 e. The Morgan fingerprint density at radius 3 is 2.88 bits per heavy atom. The van der Waals surface area contributed by atoms with Crippen molar-refractivity contribution in [3.8, 4) is 10.6 Å². The van der Waals surface area contributed by atoms with Gasteiger partial charge in [0.2, 0.25) is 0 Å². The smallest absolute Gasteiger partial charge is 0.124 e. The molecule has 0 amide bonds. The van der Waals surface area contributed by atoms with Crippen LogP contribution < -0.4 is 5.32 Å². The maximum absolute atomic E-state index is 13.2. The van der Waals surface area contributed by atoms with Gasteiger partial charge in [-0.2, -0.15) is 0 Å². The fraction of sp³-hybridized carbons (Fsp3) is 0.308. The van der Waals surface area contributed by atoms with E-state index in [1.54, 1.807) is 23.5 Å². The molecule has 1 heterocycles. The standard InChI is InChI=1S/C13H15FN2S/c1-8-4-5-10(14)6-11(8)13-16-12(7-17-13)9(2)15-3/h4-7,9,15H,1-3H3. The van der Waals surface area contributed by atoms with Gasteiger partial charge >= 0.3 is 0 Å². The zero-order valence-corrected chi connectivity index (χ0v) is 10.9. The van der Waals surface area contributed by atoms with Gasteiger partial charge < -0.3 is 5.32 Å². The van der Waals surface area contributed by atoms with Crippen molar-refractivity contribution in [2.45, 2.75) is 19.9 Å². The third-order valence-electron chi connectivity index (χ3n) is 2.83. The van der Waals surface area contributed by atoms with Crippen LogP contribution in [0.5, 0.6) is 0 Å². The molecule has 0 aliphatic rings. The van der Waals surface area contributed by atoms with Gasteiger partial charge in [0.15, 0.2) is 0 Å². The summed E-state index contributed by atoms with van der Waals surface area (Å²) >= 11 is 1.55. The summed E-state index contributed by atoms with van der Waals surface area (Å²) in [7, 11) is 1.90. The lowest BCUT2D eigenvalue weighted by Gasteiger charge is -2.05. The summed E-state index contributed by atoms with van der Waals surface area (Å²) < 4.78 is 13.2. The Bertz CT molecular complexity index is 522. The first-order chi connectivity index (χ1) is 8.11. The summed E-state index contributed by atoms with van der Waals surface area (Å²) in [4.78, 5) is 4.54. The minimum absolute atomic E-state index is 0.217. The Hall–Kier alpha value is -1.26. The molecule has 0 radical (unpaired) electrons. The number of aryl methyl sites for hydroxylation is 1. The summed E-state index contributed by atoms with van der Waals surface area (Å²) in [6.45, 7) is 4.02. The van der Waals surface area contributed by atoms with E-state index in [1.807, 2.05) is 19.4 Å². The number of benzene rings is 1. The van der Waals surface area contributed by atoms with E-state index in [0.717, 1.165) is 21.8 Å². The molecule has 4 heteroatoms. The molecular weight excluding hydrogens is 235 g/mol. The van der Waals surface area contributed by atoms with E-state index in [1.165, 1.54) is 6.07 Å². The van der Waals surface area contributed by atoms with Gasteiger partial charge in [-0.3, -0.25) is 0 Å². The SMILES string of the molecule is CNC(C)c1csc(-c2cc(F)ccc2C)n1. The molecule has 1 N–H and O–H groups in total. The van der Waals surface area contributed by atoms with Crippen LogP contribution in [0.2, 0.25) is 0 Å². The van der Waals surface area contributed by atoms with Crippen LogP contribution in [0.15, 0.2) is 23.6 Å². The monoisotopic (exact) mass is 250 g/mol. The van der Waals surface area contributed by atoms with E-state index in [-0.39, 0.29) is 11.9 Å². The van der Waals surface area contributed by atoms with E-state index in [0.29, 0.717) is 0 Å². The molecule has 2 aromatic rings. The van der Waals surface area contributed by atoms with Crippen LogP contribution in [0.1, 0.15) is 24.2 Å². The van der Waals surface area contributed by atoms with Crippen molar-refractivity contribution in [3.63, 3.8) is 0 Å². The normalized spacial score (nSPS) is 12.7. The first kappa shape index (κ1) is 12.2. The molecule has 0 saturated carbocycles. The molecule has 1 atom stereocenters. The maximum atomic E-state index is 13.2. The van der Waals surface area contributed by atoms with E-state index >= 15 is 0 Å². The number of hydrogen-bond donors (Lipinski definition) is 1. The molecule has 1 aromatic heterocycles. The van der Waals surface area contributed by atoms with Crippen LogP contribution in [0.25, 0.3) is 10.6 Å². The zero-order chi connectivity index (χ0) is 12.4. The predicted molar refractivity (Wildman–Crippen MR) is 69.7 cm³/mol. The molecule has 0 fully saturated rings. The largest absolute Gasteiger partial charge is 0.312 e. The Labute approximate surface area is 105 Å². The second-order valence-electron chi connectivity index (χ2n) is 4.05. The van der Waals surface area contributed by atoms with Gasteiger partial charge in [0.1, 0.15) is 10.8 Å². The molecule has 1 unspecified atom stereocenters. The summed E-state index contributed by atoms with van der Waals surface area (Å²) in [5.41, 5.74) is 2.92. The molecule has 0 spiro atoms. The van der Waals surface area contributed by atoms with Crippen LogP contribution in [-0.2, 0) is 0 Å². The van der Waals surface area contributed by atoms with E-state index in [2.05, 4.69) is 17.2 Å². The first-order valence-electron chi connectivity index (χ1n) is 5.51. The molecule has 0 saturated heterocycles. The van der Waals surface area contributed by atoms with Gasteiger partial charge in [0, 0.05) is 17.0 Å². The fourth-order valence-electron chi connectivity index (χ4n) is 1.58. The van der Waals surface area contributed by atoms with Crippen molar-refractivity contribution in [1.29, 1.82) is 0 Å². The van der Waals surface area contributed by atoms with Crippen LogP contribution in [-0.4, -0.2) is 12.0 Å². The van der Waals surface area contributed by atoms with Crippen molar-refractivity contribution in [3.05, 3.63) is 40.7 Å². The molecule has 2 rings (SSSR count). The second-order valence-corrected chi connectivity index (χ2v) is 4.91. The van der Waals surface area contributed by atoms with E-state index in [9.17, 15) is 4.39 Å². The van der Waals surface area contributed by atoms with Crippen LogP contribution >= 0.6 is 11.3 Å². The van der Waals surface area contributed by atoms with Crippen LogP contribution in [0.3, 0.4) is 0 Å². The summed E-state index contributed by atoms with van der Waals surface area (Å²) in [5, 5.41) is 6.03. The molecule has 0 aliphatic carbocycles. The summed E-state index contributed by atoms with van der Waals surface area (Å²) in [6.07, 6.45) is 0. The molecule has 0 bridgehead atoms. The third-order valence-corrected chi connectivity index (χ3v) is 3.72. The average molecular weight is 250 g/mol. The maximum Gasteiger partial charge on any atom is 0.124 e. The highest BCUT2D eigenvalue weighted by molar-refractivity contribution is 7.13. The van der Waals surface area contributed by atoms with Crippen molar-refractivity contribution in [1.82, 2.24) is 10.3 Å². The first-order valence-corrected chi connectivity index (χ1v) is 6.39. The highest BCUT2D eigenvalue weighted by atomic mass is 32.1. The Kier molecular flexibility index (Phi) is 3.54. The third kappa shape index (κ3) is 2.53. The van der Waals surface area contributed by atoms with Gasteiger partial charge in [-0.25, -0.2) is 9.37 Å². The summed E-state index contributed by atoms with van der Waals surface area (Å²) in [5.74, 6) is -0.219. The lowest BCUT2D eigenvalue weighted by molar-refractivity contribution is 0.627. The minimum atomic E-state index is -0.219. The predicted octanol–water partition coefficient (Wildman–Crippen LogP) is 3.54. The highest BCUT2D eigenvalue weighted by Crippen LogP contribution is 2.29. The second kappa shape index (κ2) is 4.94. The lowest BCUT2D eigenvalue weighted by atomic mass is 10.1. The lowest BCUT2D eigenvalue weighted by Crippen LogP contribution is -2.12. The van der Waals surface area contributed by atoms with Crippen molar-refractivity contribution >= 4 is 11.3 Å². The number of nitrogens with zero attached hydrogens (tertiary/aromatic N) is 1. The molecule has 1 aromatic carbocycles. The van der Waals surface area contributed by atoms with Gasteiger partial charge in [0.05, 0.1) is 5.69 Å². The van der Waals surface area contributed by atoms with Crippen molar-refractivity contribution in [2.24, 2.45) is 0 Å². The number of aromatic nitrogens is 1. The molecular formula is C13H15FN2S. The molecule has 2 nitrogen and oxygen atoms in total. The number of rotatable bonds is 3. The quantitative estimate of drug-likeness (QED) is 0.901. The molecule has 17 heavy (non-hydrogen) atoms. The fourth-order valence-corrected chi connectivity index (χ4v) is 2.58. The summed E-state index contributed by atoms with van der Waals surface area (Å²) in [6, 6.07) is 5.02. The Morgan fingerprint density at radius 1 is 1.41 bits per heavy atom. The van der Waals surface area contributed by atoms with Gasteiger partial charge in [-0.1, -0.05) is 6.07 Å². The molecule has 0 aliphatic heterocycles. The number of hydrogen-bond acceptors (Lipinski definition) is 3. The topological polar surface area (TPSA) is 24.9 Å².